The third-order valence-electron chi connectivity index (χ3n) is 7.15. The number of hydrogen-bond acceptors (Lipinski definition) is 7. The van der Waals surface area contributed by atoms with Crippen LogP contribution in [0.4, 0.5) is 4.79 Å². The fourth-order valence-electron chi connectivity index (χ4n) is 4.32. The second-order valence-electron chi connectivity index (χ2n) is 11.4. The molecule has 0 aromatic carbocycles. The Hall–Kier alpha value is -1.94. The molecule has 1 aromatic heterocycles. The van der Waals surface area contributed by atoms with E-state index in [2.05, 4.69) is 44.1 Å². The van der Waals surface area contributed by atoms with Crippen molar-refractivity contribution in [3.8, 4) is 0 Å². The molecule has 10 heteroatoms. The predicted molar refractivity (Wildman–Crippen MR) is 121 cm³/mol. The minimum absolute atomic E-state index is 0.0250. The molecule has 2 aliphatic heterocycles. The molecule has 2 amide bonds. The van der Waals surface area contributed by atoms with Crippen molar-refractivity contribution in [2.24, 2.45) is 0 Å². The van der Waals surface area contributed by atoms with E-state index in [0.29, 0.717) is 18.9 Å². The average Bonchev–Trinajstić information content (AvgIpc) is 3.33. The first kappa shape index (κ1) is 24.7. The molecule has 2 unspecified atom stereocenters. The van der Waals surface area contributed by atoms with Crippen molar-refractivity contribution in [2.75, 3.05) is 13.2 Å². The quantitative estimate of drug-likeness (QED) is 0.475. The number of hydrogen-bond donors (Lipinski definition) is 0. The molecule has 1 aromatic rings. The van der Waals surface area contributed by atoms with Crippen LogP contribution >= 0.6 is 0 Å². The Labute approximate surface area is 191 Å². The first-order valence-electron chi connectivity index (χ1n) is 11.4. The van der Waals surface area contributed by atoms with E-state index in [9.17, 15) is 9.59 Å². The number of amides is 2. The molecule has 3 rings (SSSR count). The van der Waals surface area contributed by atoms with E-state index in [0.717, 1.165) is 6.42 Å². The van der Waals surface area contributed by atoms with E-state index in [1.165, 1.54) is 6.39 Å². The molecule has 3 heterocycles. The van der Waals surface area contributed by atoms with E-state index in [1.54, 1.807) is 9.80 Å². The molecule has 0 aliphatic carbocycles. The van der Waals surface area contributed by atoms with Crippen LogP contribution in [0.15, 0.2) is 10.8 Å². The maximum absolute atomic E-state index is 13.7. The van der Waals surface area contributed by atoms with Gasteiger partial charge in [0.2, 0.25) is 12.3 Å². The van der Waals surface area contributed by atoms with Gasteiger partial charge in [-0.15, -0.1) is 10.2 Å². The van der Waals surface area contributed by atoms with Crippen molar-refractivity contribution in [3.63, 3.8) is 0 Å². The highest BCUT2D eigenvalue weighted by atomic mass is 28.4. The van der Waals surface area contributed by atoms with Crippen molar-refractivity contribution in [2.45, 2.75) is 103 Å². The van der Waals surface area contributed by atoms with Crippen LogP contribution < -0.4 is 0 Å². The number of carbonyl (C=O) groups excluding carboxylic acids is 2. The normalized spacial score (nSPS) is 25.3. The zero-order valence-electron chi connectivity index (χ0n) is 20.9. The minimum Gasteiger partial charge on any atom is -0.444 e. The molecule has 0 saturated carbocycles. The van der Waals surface area contributed by atoms with Gasteiger partial charge in [-0.05, 0) is 58.7 Å². The van der Waals surface area contributed by atoms with Gasteiger partial charge in [0.05, 0.1) is 12.6 Å². The van der Waals surface area contributed by atoms with Crippen molar-refractivity contribution < 1.29 is 23.2 Å². The number of nitrogens with zero attached hydrogens (tertiary/aromatic N) is 4. The molecule has 2 saturated heterocycles. The van der Waals surface area contributed by atoms with E-state index < -0.39 is 31.6 Å². The lowest BCUT2D eigenvalue weighted by molar-refractivity contribution is -0.179. The lowest BCUT2D eigenvalue weighted by Crippen LogP contribution is -2.78. The summed E-state index contributed by atoms with van der Waals surface area (Å²) in [5.74, 6) is 0.232. The van der Waals surface area contributed by atoms with Gasteiger partial charge < -0.3 is 18.5 Å². The number of likely N-dealkylation sites (tertiary alicyclic amines) is 2. The van der Waals surface area contributed by atoms with Crippen molar-refractivity contribution in [1.29, 1.82) is 0 Å². The number of rotatable bonds is 5. The summed E-state index contributed by atoms with van der Waals surface area (Å²) in [5, 5.41) is 7.93. The topological polar surface area (TPSA) is 98.0 Å². The van der Waals surface area contributed by atoms with Crippen molar-refractivity contribution >= 4 is 20.3 Å². The molecule has 2 aliphatic rings. The van der Waals surface area contributed by atoms with Gasteiger partial charge in [0.15, 0.2) is 8.32 Å². The Morgan fingerprint density at radius 2 is 1.97 bits per heavy atom. The standard InChI is InChI=1S/C22H38N4O5Si/c1-15-22(11-10-12-25(22)19(28)31-20(2,3)4)18(27)26(15)16(17-24-23-14-29-17)13-30-32(8,9)21(5,6)7/h14-16H,10-13H2,1-9H3/t15?,16-,22?/m0/s1. The monoisotopic (exact) mass is 466 g/mol. The summed E-state index contributed by atoms with van der Waals surface area (Å²) in [7, 11) is -2.07. The Kier molecular flexibility index (Phi) is 6.27. The highest BCUT2D eigenvalue weighted by molar-refractivity contribution is 6.74. The molecular weight excluding hydrogens is 428 g/mol. The maximum Gasteiger partial charge on any atom is 0.411 e. The van der Waals surface area contributed by atoms with E-state index in [-0.39, 0.29) is 23.6 Å². The van der Waals surface area contributed by atoms with Crippen LogP contribution in [0, 0.1) is 0 Å². The van der Waals surface area contributed by atoms with Crippen LogP contribution in [0.3, 0.4) is 0 Å². The summed E-state index contributed by atoms with van der Waals surface area (Å²) in [6.07, 6.45) is 2.20. The Balaban J connectivity index is 1.84. The van der Waals surface area contributed by atoms with Crippen LogP contribution in [0.2, 0.25) is 18.1 Å². The number of β-lactam (4-membered cyclic amide) rings is 1. The van der Waals surface area contributed by atoms with Gasteiger partial charge in [0, 0.05) is 6.54 Å². The summed E-state index contributed by atoms with van der Waals surface area (Å²) in [6, 6.07) is -0.731. The fraction of sp³-hybridized carbons (Fsp3) is 0.818. The fourth-order valence-corrected chi connectivity index (χ4v) is 5.33. The molecule has 0 bridgehead atoms. The highest BCUT2D eigenvalue weighted by Gasteiger charge is 2.67. The average molecular weight is 467 g/mol. The van der Waals surface area contributed by atoms with Crippen molar-refractivity contribution in [3.05, 3.63) is 12.3 Å². The third-order valence-corrected chi connectivity index (χ3v) is 11.7. The SMILES string of the molecule is CC1N([C@@H](CO[Si](C)(C)C(C)(C)C)c2nnco2)C(=O)C12CCCN2C(=O)OC(C)(C)C. The summed E-state index contributed by atoms with van der Waals surface area (Å²) in [5.41, 5.74) is -1.52. The molecular formula is C22H38N4O5Si. The molecule has 180 valence electrons. The number of ether oxygens (including phenoxy) is 1. The zero-order chi connectivity index (χ0) is 24.1. The van der Waals surface area contributed by atoms with Gasteiger partial charge in [-0.25, -0.2) is 4.79 Å². The Bertz CT molecular complexity index is 845. The van der Waals surface area contributed by atoms with Crippen LogP contribution in [0.1, 0.15) is 73.2 Å². The van der Waals surface area contributed by atoms with Gasteiger partial charge >= 0.3 is 6.09 Å². The molecule has 9 nitrogen and oxygen atoms in total. The highest BCUT2D eigenvalue weighted by Crippen LogP contribution is 2.48. The molecule has 3 atom stereocenters. The molecule has 2 fully saturated rings. The van der Waals surface area contributed by atoms with Gasteiger partial charge in [-0.1, -0.05) is 20.8 Å². The lowest BCUT2D eigenvalue weighted by atomic mass is 9.76. The van der Waals surface area contributed by atoms with Crippen LogP contribution in [-0.2, 0) is 14.0 Å². The lowest BCUT2D eigenvalue weighted by Gasteiger charge is -2.58. The van der Waals surface area contributed by atoms with Gasteiger partial charge in [-0.2, -0.15) is 0 Å². The number of aromatic nitrogens is 2. The zero-order valence-corrected chi connectivity index (χ0v) is 21.9. The van der Waals surface area contributed by atoms with E-state index >= 15 is 0 Å². The Morgan fingerprint density at radius 1 is 1.31 bits per heavy atom. The first-order chi connectivity index (χ1) is 14.6. The third kappa shape index (κ3) is 4.18. The molecule has 0 radical (unpaired) electrons. The first-order valence-corrected chi connectivity index (χ1v) is 14.3. The van der Waals surface area contributed by atoms with E-state index in [4.69, 9.17) is 13.6 Å². The van der Waals surface area contributed by atoms with Gasteiger partial charge in [-0.3, -0.25) is 9.69 Å². The second kappa shape index (κ2) is 8.13. The summed E-state index contributed by atoms with van der Waals surface area (Å²) >= 11 is 0. The van der Waals surface area contributed by atoms with Crippen LogP contribution in [0.5, 0.6) is 0 Å². The van der Waals surface area contributed by atoms with Gasteiger partial charge in [0.25, 0.3) is 5.91 Å². The van der Waals surface area contributed by atoms with Crippen LogP contribution in [0.25, 0.3) is 0 Å². The molecule has 32 heavy (non-hydrogen) atoms. The summed E-state index contributed by atoms with van der Waals surface area (Å²) in [6.45, 7) is 19.1. The largest absolute Gasteiger partial charge is 0.444 e. The minimum atomic E-state index is -2.07. The summed E-state index contributed by atoms with van der Waals surface area (Å²) < 4.78 is 17.5. The van der Waals surface area contributed by atoms with Crippen LogP contribution in [-0.4, -0.2) is 70.6 Å². The summed E-state index contributed by atoms with van der Waals surface area (Å²) in [4.78, 5) is 29.9. The van der Waals surface area contributed by atoms with Crippen molar-refractivity contribution in [1.82, 2.24) is 20.0 Å². The second-order valence-corrected chi connectivity index (χ2v) is 16.2. The predicted octanol–water partition coefficient (Wildman–Crippen LogP) is 4.13. The maximum atomic E-state index is 13.7. The number of carbonyl (C=O) groups is 2. The smallest absolute Gasteiger partial charge is 0.411 e. The van der Waals surface area contributed by atoms with E-state index in [1.807, 2.05) is 27.7 Å². The Morgan fingerprint density at radius 3 is 2.47 bits per heavy atom. The molecule has 1 spiro atoms. The van der Waals surface area contributed by atoms with Gasteiger partial charge in [0.1, 0.15) is 17.2 Å². The molecule has 0 N–H and O–H groups in total.